The van der Waals surface area contributed by atoms with Crippen LogP contribution in [0.2, 0.25) is 5.02 Å². The zero-order valence-electron chi connectivity index (χ0n) is 13.2. The predicted molar refractivity (Wildman–Crippen MR) is 88.6 cm³/mol. The molecule has 0 amide bonds. The fourth-order valence-corrected chi connectivity index (χ4v) is 3.17. The zero-order chi connectivity index (χ0) is 14.8. The van der Waals surface area contributed by atoms with E-state index < -0.39 is 0 Å². The van der Waals surface area contributed by atoms with Crippen LogP contribution in [-0.2, 0) is 6.54 Å². The topological polar surface area (TPSA) is 15.3 Å². The molecule has 0 spiro atoms. The van der Waals surface area contributed by atoms with Gasteiger partial charge in [-0.3, -0.25) is 0 Å². The van der Waals surface area contributed by atoms with Gasteiger partial charge in [-0.1, -0.05) is 51.4 Å². The minimum atomic E-state index is 0.391. The highest BCUT2D eigenvalue weighted by Gasteiger charge is 2.31. The molecule has 112 valence electrons. The smallest absolute Gasteiger partial charge is 0.0642 e. The SMILES string of the molecule is CC(C)CNCc1cccc(Cl)c1N1CCC(C)(C)C1. The Labute approximate surface area is 128 Å². The van der Waals surface area contributed by atoms with Gasteiger partial charge in [0.05, 0.1) is 10.7 Å². The Bertz CT molecular complexity index is 454. The summed E-state index contributed by atoms with van der Waals surface area (Å²) in [5.41, 5.74) is 2.94. The average Bonchev–Trinajstić information content (AvgIpc) is 2.69. The van der Waals surface area contributed by atoms with Gasteiger partial charge in [0.15, 0.2) is 0 Å². The van der Waals surface area contributed by atoms with E-state index in [4.69, 9.17) is 11.6 Å². The standard InChI is InChI=1S/C17H27ClN2/c1-13(2)10-19-11-14-6-5-7-15(18)16(14)20-9-8-17(3,4)12-20/h5-7,13,19H,8-12H2,1-4H3. The monoisotopic (exact) mass is 294 g/mol. The van der Waals surface area contributed by atoms with Gasteiger partial charge in [0.25, 0.3) is 0 Å². The van der Waals surface area contributed by atoms with Crippen molar-refractivity contribution in [2.75, 3.05) is 24.5 Å². The highest BCUT2D eigenvalue weighted by Crippen LogP contribution is 2.37. The molecule has 0 unspecified atom stereocenters. The van der Waals surface area contributed by atoms with E-state index in [1.807, 2.05) is 6.07 Å². The Morgan fingerprint density at radius 1 is 1.35 bits per heavy atom. The van der Waals surface area contributed by atoms with Gasteiger partial charge >= 0.3 is 0 Å². The van der Waals surface area contributed by atoms with E-state index in [1.54, 1.807) is 0 Å². The van der Waals surface area contributed by atoms with Crippen molar-refractivity contribution in [2.24, 2.45) is 11.3 Å². The third kappa shape index (κ3) is 3.89. The summed E-state index contributed by atoms with van der Waals surface area (Å²) in [6, 6.07) is 6.26. The molecule has 1 N–H and O–H groups in total. The van der Waals surface area contributed by atoms with E-state index in [0.29, 0.717) is 11.3 Å². The van der Waals surface area contributed by atoms with Crippen molar-refractivity contribution in [1.82, 2.24) is 5.32 Å². The highest BCUT2D eigenvalue weighted by atomic mass is 35.5. The first-order valence-electron chi connectivity index (χ1n) is 7.62. The summed E-state index contributed by atoms with van der Waals surface area (Å²) in [6.07, 6.45) is 1.23. The van der Waals surface area contributed by atoms with E-state index in [9.17, 15) is 0 Å². The van der Waals surface area contributed by atoms with Crippen LogP contribution in [0, 0.1) is 11.3 Å². The molecular weight excluding hydrogens is 268 g/mol. The third-order valence-electron chi connectivity index (χ3n) is 3.93. The van der Waals surface area contributed by atoms with Crippen LogP contribution in [0.15, 0.2) is 18.2 Å². The molecule has 1 aromatic rings. The molecule has 0 aromatic heterocycles. The van der Waals surface area contributed by atoms with Crippen LogP contribution in [0.3, 0.4) is 0 Å². The van der Waals surface area contributed by atoms with Crippen molar-refractivity contribution < 1.29 is 0 Å². The summed E-state index contributed by atoms with van der Waals surface area (Å²) < 4.78 is 0. The first-order valence-corrected chi connectivity index (χ1v) is 8.00. The molecule has 1 aromatic carbocycles. The average molecular weight is 295 g/mol. The quantitative estimate of drug-likeness (QED) is 0.870. The van der Waals surface area contributed by atoms with Crippen molar-refractivity contribution in [2.45, 2.75) is 40.7 Å². The van der Waals surface area contributed by atoms with Crippen LogP contribution in [0.1, 0.15) is 39.7 Å². The summed E-state index contributed by atoms with van der Waals surface area (Å²) in [5, 5.41) is 4.41. The number of nitrogens with one attached hydrogen (secondary N) is 1. The van der Waals surface area contributed by atoms with E-state index in [0.717, 1.165) is 31.2 Å². The summed E-state index contributed by atoms with van der Waals surface area (Å²) >= 11 is 6.47. The molecule has 1 aliphatic rings. The second-order valence-electron chi connectivity index (χ2n) is 7.11. The van der Waals surface area contributed by atoms with Gasteiger partial charge in [-0.15, -0.1) is 0 Å². The predicted octanol–water partition coefficient (Wildman–Crippen LogP) is 4.32. The number of para-hydroxylation sites is 1. The normalized spacial score (nSPS) is 18.0. The molecular formula is C17H27ClN2. The van der Waals surface area contributed by atoms with Gasteiger partial charge in [-0.05, 0) is 35.9 Å². The Hall–Kier alpha value is -0.730. The Morgan fingerprint density at radius 2 is 2.10 bits per heavy atom. The summed E-state index contributed by atoms with van der Waals surface area (Å²) in [5.74, 6) is 0.670. The summed E-state index contributed by atoms with van der Waals surface area (Å²) in [7, 11) is 0. The molecule has 2 rings (SSSR count). The largest absolute Gasteiger partial charge is 0.370 e. The van der Waals surface area contributed by atoms with Crippen molar-refractivity contribution in [3.63, 3.8) is 0 Å². The van der Waals surface area contributed by atoms with Crippen LogP contribution in [0.4, 0.5) is 5.69 Å². The number of rotatable bonds is 5. The second kappa shape index (κ2) is 6.36. The minimum absolute atomic E-state index is 0.391. The van der Waals surface area contributed by atoms with Crippen molar-refractivity contribution in [3.8, 4) is 0 Å². The Kier molecular flexibility index (Phi) is 4.98. The fraction of sp³-hybridized carbons (Fsp3) is 0.647. The van der Waals surface area contributed by atoms with Gasteiger partial charge in [0.1, 0.15) is 0 Å². The van der Waals surface area contributed by atoms with Gasteiger partial charge in [0.2, 0.25) is 0 Å². The summed E-state index contributed by atoms with van der Waals surface area (Å²) in [6.45, 7) is 13.3. The molecule has 0 bridgehead atoms. The van der Waals surface area contributed by atoms with E-state index in [1.165, 1.54) is 17.7 Å². The van der Waals surface area contributed by atoms with Crippen molar-refractivity contribution in [3.05, 3.63) is 28.8 Å². The number of hydrogen-bond donors (Lipinski definition) is 1. The maximum Gasteiger partial charge on any atom is 0.0642 e. The number of nitrogens with zero attached hydrogens (tertiary/aromatic N) is 1. The lowest BCUT2D eigenvalue weighted by Crippen LogP contribution is -2.26. The third-order valence-corrected chi connectivity index (χ3v) is 4.24. The zero-order valence-corrected chi connectivity index (χ0v) is 13.9. The molecule has 1 heterocycles. The maximum absolute atomic E-state index is 6.47. The molecule has 0 atom stereocenters. The van der Waals surface area contributed by atoms with Gasteiger partial charge in [-0.25, -0.2) is 0 Å². The van der Waals surface area contributed by atoms with Gasteiger partial charge in [0, 0.05) is 19.6 Å². The summed E-state index contributed by atoms with van der Waals surface area (Å²) in [4.78, 5) is 2.45. The molecule has 0 saturated carbocycles. The van der Waals surface area contributed by atoms with Gasteiger partial charge < -0.3 is 10.2 Å². The van der Waals surface area contributed by atoms with E-state index in [-0.39, 0.29) is 0 Å². The van der Waals surface area contributed by atoms with E-state index >= 15 is 0 Å². The molecule has 1 fully saturated rings. The van der Waals surface area contributed by atoms with Crippen molar-refractivity contribution in [1.29, 1.82) is 0 Å². The second-order valence-corrected chi connectivity index (χ2v) is 7.52. The number of benzene rings is 1. The fourth-order valence-electron chi connectivity index (χ4n) is 2.86. The molecule has 3 heteroatoms. The van der Waals surface area contributed by atoms with Crippen LogP contribution in [0.5, 0.6) is 0 Å². The molecule has 1 saturated heterocycles. The minimum Gasteiger partial charge on any atom is -0.370 e. The highest BCUT2D eigenvalue weighted by molar-refractivity contribution is 6.33. The number of hydrogen-bond acceptors (Lipinski definition) is 2. The Balaban J connectivity index is 2.14. The van der Waals surface area contributed by atoms with Crippen LogP contribution < -0.4 is 10.2 Å². The van der Waals surface area contributed by atoms with E-state index in [2.05, 4.69) is 50.0 Å². The van der Waals surface area contributed by atoms with Crippen LogP contribution in [0.25, 0.3) is 0 Å². The Morgan fingerprint density at radius 3 is 2.70 bits per heavy atom. The van der Waals surface area contributed by atoms with Crippen LogP contribution >= 0.6 is 11.6 Å². The first kappa shape index (κ1) is 15.7. The van der Waals surface area contributed by atoms with Crippen LogP contribution in [-0.4, -0.2) is 19.6 Å². The molecule has 2 nitrogen and oxygen atoms in total. The number of anilines is 1. The molecule has 0 radical (unpaired) electrons. The molecule has 1 aliphatic heterocycles. The first-order chi connectivity index (χ1) is 9.39. The molecule has 0 aliphatic carbocycles. The molecule has 20 heavy (non-hydrogen) atoms. The van der Waals surface area contributed by atoms with Crippen molar-refractivity contribution >= 4 is 17.3 Å². The lowest BCUT2D eigenvalue weighted by atomic mass is 9.93. The number of halogens is 1. The lowest BCUT2D eigenvalue weighted by Gasteiger charge is -2.25. The maximum atomic E-state index is 6.47. The van der Waals surface area contributed by atoms with Gasteiger partial charge in [-0.2, -0.15) is 0 Å². The lowest BCUT2D eigenvalue weighted by molar-refractivity contribution is 0.418.